The fourth-order valence-electron chi connectivity index (χ4n) is 2.19. The molecule has 0 aliphatic heterocycles. The number of hydrogen-bond donors (Lipinski definition) is 0. The van der Waals surface area contributed by atoms with E-state index in [0.717, 1.165) is 12.8 Å². The molecule has 15 heavy (non-hydrogen) atoms. The van der Waals surface area contributed by atoms with Crippen molar-refractivity contribution in [2.45, 2.75) is 44.9 Å². The smallest absolute Gasteiger partial charge is 0.0438 e. The van der Waals surface area contributed by atoms with Crippen molar-refractivity contribution in [1.82, 2.24) is 4.98 Å². The molecule has 0 fully saturated rings. The van der Waals surface area contributed by atoms with E-state index in [4.69, 9.17) is 4.98 Å². The van der Waals surface area contributed by atoms with Crippen molar-refractivity contribution < 1.29 is 0 Å². The second-order valence-corrected chi connectivity index (χ2v) is 4.30. The van der Waals surface area contributed by atoms with Gasteiger partial charge < -0.3 is 0 Å². The molecular formula is C14H19N. The number of allylic oxidation sites excluding steroid dienone is 1. The van der Waals surface area contributed by atoms with E-state index in [1.165, 1.54) is 49.1 Å². The molecule has 0 N–H and O–H groups in total. The molecule has 0 bridgehead atoms. The van der Waals surface area contributed by atoms with E-state index in [-0.39, 0.29) is 0 Å². The molecule has 1 nitrogen and oxygen atoms in total. The van der Waals surface area contributed by atoms with Crippen LogP contribution in [0.25, 0.3) is 0 Å². The van der Waals surface area contributed by atoms with Crippen LogP contribution in [-0.2, 0) is 19.3 Å². The van der Waals surface area contributed by atoms with Crippen molar-refractivity contribution in [3.05, 3.63) is 41.7 Å². The molecule has 2 rings (SSSR count). The van der Waals surface area contributed by atoms with Crippen LogP contribution >= 0.6 is 0 Å². The number of unbranched alkanes of at least 4 members (excludes halogenated alkanes) is 1. The molecule has 1 heteroatoms. The molecule has 0 saturated carbocycles. The van der Waals surface area contributed by atoms with Crippen molar-refractivity contribution in [3.63, 3.8) is 0 Å². The summed E-state index contributed by atoms with van der Waals surface area (Å²) in [5.74, 6) is 0. The Balaban J connectivity index is 2.03. The van der Waals surface area contributed by atoms with Gasteiger partial charge in [-0.1, -0.05) is 12.1 Å². The highest BCUT2D eigenvalue weighted by Crippen LogP contribution is 2.20. The third-order valence-electron chi connectivity index (χ3n) is 3.08. The van der Waals surface area contributed by atoms with Crippen molar-refractivity contribution in [1.29, 1.82) is 0 Å². The maximum atomic E-state index is 4.75. The van der Waals surface area contributed by atoms with Gasteiger partial charge in [-0.05, 0) is 56.6 Å². The summed E-state index contributed by atoms with van der Waals surface area (Å²) in [6.45, 7) is 3.74. The molecule has 0 unspecified atom stereocenters. The van der Waals surface area contributed by atoms with E-state index in [9.17, 15) is 0 Å². The van der Waals surface area contributed by atoms with Gasteiger partial charge in [-0.25, -0.2) is 0 Å². The maximum Gasteiger partial charge on any atom is 0.0438 e. The van der Waals surface area contributed by atoms with Crippen LogP contribution in [0, 0.1) is 0 Å². The van der Waals surface area contributed by atoms with E-state index >= 15 is 0 Å². The predicted octanol–water partition coefficient (Wildman–Crippen LogP) is 3.47. The maximum absolute atomic E-state index is 4.75. The predicted molar refractivity (Wildman–Crippen MR) is 64.0 cm³/mol. The highest BCUT2D eigenvalue weighted by Gasteiger charge is 2.10. The highest BCUT2D eigenvalue weighted by atomic mass is 14.7. The second-order valence-electron chi connectivity index (χ2n) is 4.30. The van der Waals surface area contributed by atoms with Crippen molar-refractivity contribution >= 4 is 0 Å². The number of nitrogens with zero attached hydrogens (tertiary/aromatic N) is 1. The van der Waals surface area contributed by atoms with E-state index in [1.807, 2.05) is 6.08 Å². The van der Waals surface area contributed by atoms with E-state index in [1.54, 1.807) is 0 Å². The largest absolute Gasteiger partial charge is 0.258 e. The number of hydrogen-bond acceptors (Lipinski definition) is 1. The van der Waals surface area contributed by atoms with Crippen LogP contribution in [0.1, 0.15) is 42.6 Å². The van der Waals surface area contributed by atoms with E-state index in [0.29, 0.717) is 0 Å². The summed E-state index contributed by atoms with van der Waals surface area (Å²) < 4.78 is 0. The molecule has 0 spiro atoms. The number of rotatable bonds is 4. The Labute approximate surface area is 92.2 Å². The van der Waals surface area contributed by atoms with Crippen LogP contribution in [0.3, 0.4) is 0 Å². The van der Waals surface area contributed by atoms with Crippen LogP contribution in [0.15, 0.2) is 24.8 Å². The first kappa shape index (κ1) is 10.4. The van der Waals surface area contributed by atoms with Gasteiger partial charge in [-0.15, -0.1) is 6.58 Å². The van der Waals surface area contributed by atoms with E-state index < -0.39 is 0 Å². The summed E-state index contributed by atoms with van der Waals surface area (Å²) in [5, 5.41) is 0. The molecule has 0 amide bonds. The molecule has 0 atom stereocenters. The van der Waals surface area contributed by atoms with Crippen LogP contribution in [0.4, 0.5) is 0 Å². The van der Waals surface area contributed by atoms with Crippen LogP contribution in [0.2, 0.25) is 0 Å². The molecule has 0 radical (unpaired) electrons. The van der Waals surface area contributed by atoms with Gasteiger partial charge in [0.15, 0.2) is 0 Å². The molecular weight excluding hydrogens is 182 g/mol. The Morgan fingerprint density at radius 2 is 2.13 bits per heavy atom. The first-order valence-electron chi connectivity index (χ1n) is 5.99. The third kappa shape index (κ3) is 2.68. The van der Waals surface area contributed by atoms with E-state index in [2.05, 4.69) is 18.7 Å². The van der Waals surface area contributed by atoms with Gasteiger partial charge in [0.1, 0.15) is 0 Å². The zero-order valence-corrected chi connectivity index (χ0v) is 9.34. The number of pyridine rings is 1. The first-order chi connectivity index (χ1) is 7.40. The van der Waals surface area contributed by atoms with Crippen LogP contribution in [0.5, 0.6) is 0 Å². The highest BCUT2D eigenvalue weighted by molar-refractivity contribution is 5.25. The van der Waals surface area contributed by atoms with Crippen LogP contribution in [-0.4, -0.2) is 4.98 Å². The lowest BCUT2D eigenvalue weighted by atomic mass is 9.95. The average Bonchev–Trinajstić information content (AvgIpc) is 2.29. The van der Waals surface area contributed by atoms with Crippen LogP contribution < -0.4 is 0 Å². The Morgan fingerprint density at radius 1 is 1.27 bits per heavy atom. The molecule has 0 aromatic carbocycles. The standard InChI is InChI=1S/C14H19N/c1-2-3-4-8-13-11-10-12-7-5-6-9-14(12)15-13/h2,10-11H,1,3-9H2. The lowest BCUT2D eigenvalue weighted by Gasteiger charge is -2.15. The number of fused-ring (bicyclic) bond motifs is 1. The Hall–Kier alpha value is -1.11. The Kier molecular flexibility index (Phi) is 3.54. The SMILES string of the molecule is C=CCCCc1ccc2c(n1)CCCC2. The average molecular weight is 201 g/mol. The monoisotopic (exact) mass is 201 g/mol. The second kappa shape index (κ2) is 5.11. The zero-order valence-electron chi connectivity index (χ0n) is 9.34. The van der Waals surface area contributed by atoms with Gasteiger partial charge in [-0.3, -0.25) is 4.98 Å². The molecule has 80 valence electrons. The molecule has 1 aliphatic carbocycles. The lowest BCUT2D eigenvalue weighted by molar-refractivity contribution is 0.660. The number of aromatic nitrogens is 1. The normalized spacial score (nSPS) is 14.7. The zero-order chi connectivity index (χ0) is 10.5. The topological polar surface area (TPSA) is 12.9 Å². The fourth-order valence-corrected chi connectivity index (χ4v) is 2.19. The first-order valence-corrected chi connectivity index (χ1v) is 5.99. The summed E-state index contributed by atoms with van der Waals surface area (Å²) in [6.07, 6.45) is 10.4. The summed E-state index contributed by atoms with van der Waals surface area (Å²) in [5.41, 5.74) is 4.10. The molecule has 1 aromatic heterocycles. The van der Waals surface area contributed by atoms with Crippen molar-refractivity contribution in [2.24, 2.45) is 0 Å². The molecule has 0 saturated heterocycles. The Bertz CT molecular complexity index is 341. The summed E-state index contributed by atoms with van der Waals surface area (Å²) >= 11 is 0. The third-order valence-corrected chi connectivity index (χ3v) is 3.08. The van der Waals surface area contributed by atoms with Gasteiger partial charge in [0.25, 0.3) is 0 Å². The molecule has 1 aromatic rings. The molecule has 1 aliphatic rings. The van der Waals surface area contributed by atoms with Gasteiger partial charge in [-0.2, -0.15) is 0 Å². The quantitative estimate of drug-likeness (QED) is 0.537. The summed E-state index contributed by atoms with van der Waals surface area (Å²) in [7, 11) is 0. The minimum Gasteiger partial charge on any atom is -0.258 e. The van der Waals surface area contributed by atoms with Gasteiger partial charge in [0.2, 0.25) is 0 Å². The number of aryl methyl sites for hydroxylation is 3. The van der Waals surface area contributed by atoms with Crippen molar-refractivity contribution in [3.8, 4) is 0 Å². The summed E-state index contributed by atoms with van der Waals surface area (Å²) in [6, 6.07) is 4.48. The van der Waals surface area contributed by atoms with Gasteiger partial charge >= 0.3 is 0 Å². The van der Waals surface area contributed by atoms with Crippen molar-refractivity contribution in [2.75, 3.05) is 0 Å². The van der Waals surface area contributed by atoms with Gasteiger partial charge in [0.05, 0.1) is 0 Å². The summed E-state index contributed by atoms with van der Waals surface area (Å²) in [4.78, 5) is 4.75. The lowest BCUT2D eigenvalue weighted by Crippen LogP contribution is -2.06. The molecule has 1 heterocycles. The van der Waals surface area contributed by atoms with Gasteiger partial charge in [0, 0.05) is 11.4 Å². The Morgan fingerprint density at radius 3 is 3.00 bits per heavy atom. The fraction of sp³-hybridized carbons (Fsp3) is 0.500. The minimum absolute atomic E-state index is 1.10. The minimum atomic E-state index is 1.10.